The molecule has 2 N–H and O–H groups in total. The van der Waals surface area contributed by atoms with Crippen molar-refractivity contribution in [1.82, 2.24) is 10.3 Å². The zero-order chi connectivity index (χ0) is 17.3. The molecule has 7 heteroatoms. The second-order valence-corrected chi connectivity index (χ2v) is 7.53. The van der Waals surface area contributed by atoms with Crippen LogP contribution in [0.3, 0.4) is 0 Å². The molecule has 1 aromatic heterocycles. The third-order valence-electron chi connectivity index (χ3n) is 4.27. The van der Waals surface area contributed by atoms with E-state index in [1.807, 2.05) is 12.1 Å². The molecule has 1 aliphatic rings. The molecule has 2 aromatic rings. The number of aromatic nitrogens is 1. The Labute approximate surface area is 148 Å². The molecule has 1 amide bonds. The fourth-order valence-corrected chi connectivity index (χ4v) is 3.95. The van der Waals surface area contributed by atoms with Crippen LogP contribution in [0.15, 0.2) is 24.3 Å². The number of rotatable bonds is 5. The minimum absolute atomic E-state index is 0.0410. The number of benzene rings is 1. The molecule has 1 aliphatic carbocycles. The number of hydrogen-bond donors (Lipinski definition) is 2. The molecule has 3 rings (SSSR count). The van der Waals surface area contributed by atoms with Gasteiger partial charge in [-0.05, 0) is 38.3 Å². The van der Waals surface area contributed by atoms with Gasteiger partial charge in [-0.25, -0.2) is 4.98 Å². The normalized spacial score (nSPS) is 15.6. The summed E-state index contributed by atoms with van der Waals surface area (Å²) in [5.74, 6) is -1.14. The van der Waals surface area contributed by atoms with Crippen LogP contribution < -0.4 is 5.32 Å². The van der Waals surface area contributed by atoms with Crippen LogP contribution in [0.5, 0.6) is 0 Å². The number of amides is 1. The fourth-order valence-electron chi connectivity index (χ4n) is 2.86. The van der Waals surface area contributed by atoms with Crippen LogP contribution >= 0.6 is 22.9 Å². The summed E-state index contributed by atoms with van der Waals surface area (Å²) in [6, 6.07) is 7.29. The molecule has 0 bridgehead atoms. The van der Waals surface area contributed by atoms with E-state index in [1.165, 1.54) is 11.3 Å². The van der Waals surface area contributed by atoms with Gasteiger partial charge in [0.2, 0.25) is 0 Å². The molecule has 0 aliphatic heterocycles. The van der Waals surface area contributed by atoms with Crippen molar-refractivity contribution in [2.24, 2.45) is 0 Å². The summed E-state index contributed by atoms with van der Waals surface area (Å²) >= 11 is 7.20. The van der Waals surface area contributed by atoms with Crippen molar-refractivity contribution in [3.05, 3.63) is 39.9 Å². The molecule has 126 valence electrons. The quantitative estimate of drug-likeness (QED) is 0.843. The van der Waals surface area contributed by atoms with Gasteiger partial charge in [0, 0.05) is 10.6 Å². The van der Waals surface area contributed by atoms with Crippen LogP contribution in [-0.2, 0) is 4.79 Å². The molecule has 1 aromatic carbocycles. The summed E-state index contributed by atoms with van der Waals surface area (Å²) < 4.78 is 0. The first kappa shape index (κ1) is 16.9. The molecule has 0 spiro atoms. The van der Waals surface area contributed by atoms with E-state index in [0.29, 0.717) is 28.4 Å². The van der Waals surface area contributed by atoms with Crippen LogP contribution in [0.25, 0.3) is 10.6 Å². The van der Waals surface area contributed by atoms with Crippen LogP contribution in [0.4, 0.5) is 0 Å². The van der Waals surface area contributed by atoms with Crippen LogP contribution in [0.1, 0.15) is 41.0 Å². The van der Waals surface area contributed by atoms with Crippen LogP contribution in [-0.4, -0.2) is 27.5 Å². The zero-order valence-corrected chi connectivity index (χ0v) is 14.7. The first-order valence-electron chi connectivity index (χ1n) is 7.66. The lowest BCUT2D eigenvalue weighted by Gasteiger charge is -2.41. The number of nitrogens with one attached hydrogen (secondary N) is 1. The highest BCUT2D eigenvalue weighted by Gasteiger charge is 2.41. The Morgan fingerprint density at radius 1 is 1.33 bits per heavy atom. The SMILES string of the molecule is Cc1nc(-c2ccc(Cl)cc2)sc1C(=O)NC1(CC(=O)O)CCC1. The van der Waals surface area contributed by atoms with Gasteiger partial charge in [-0.3, -0.25) is 9.59 Å². The lowest BCUT2D eigenvalue weighted by atomic mass is 9.74. The second kappa shape index (κ2) is 6.53. The van der Waals surface area contributed by atoms with E-state index in [1.54, 1.807) is 19.1 Å². The van der Waals surface area contributed by atoms with Gasteiger partial charge in [0.05, 0.1) is 17.7 Å². The van der Waals surface area contributed by atoms with Crippen LogP contribution in [0, 0.1) is 6.92 Å². The number of thiazole rings is 1. The van der Waals surface area contributed by atoms with Gasteiger partial charge >= 0.3 is 5.97 Å². The summed E-state index contributed by atoms with van der Waals surface area (Å²) in [5, 5.41) is 13.4. The first-order chi connectivity index (χ1) is 11.4. The summed E-state index contributed by atoms with van der Waals surface area (Å²) in [6.07, 6.45) is 2.30. The van der Waals surface area contributed by atoms with Crippen molar-refractivity contribution in [3.63, 3.8) is 0 Å². The maximum Gasteiger partial charge on any atom is 0.305 e. The average Bonchev–Trinajstić information content (AvgIpc) is 2.87. The highest BCUT2D eigenvalue weighted by molar-refractivity contribution is 7.17. The van der Waals surface area contributed by atoms with Crippen molar-refractivity contribution in [2.45, 2.75) is 38.1 Å². The maximum absolute atomic E-state index is 12.6. The van der Waals surface area contributed by atoms with Crippen molar-refractivity contribution in [2.75, 3.05) is 0 Å². The lowest BCUT2D eigenvalue weighted by Crippen LogP contribution is -2.54. The monoisotopic (exact) mass is 364 g/mol. The number of carbonyl (C=O) groups is 2. The standard InChI is InChI=1S/C17H17ClN2O3S/c1-10-14(15(23)20-17(7-2-8-17)9-13(21)22)24-16(19-10)11-3-5-12(18)6-4-11/h3-6H,2,7-9H2,1H3,(H,20,23)(H,21,22). The molecule has 1 saturated carbocycles. The molecule has 0 radical (unpaired) electrons. The molecular formula is C17H17ClN2O3S. The third kappa shape index (κ3) is 3.44. The van der Waals surface area contributed by atoms with Gasteiger partial charge in [0.1, 0.15) is 9.88 Å². The maximum atomic E-state index is 12.6. The minimum Gasteiger partial charge on any atom is -0.481 e. The van der Waals surface area contributed by atoms with E-state index in [4.69, 9.17) is 16.7 Å². The summed E-state index contributed by atoms with van der Waals surface area (Å²) in [6.45, 7) is 1.79. The number of hydrogen-bond acceptors (Lipinski definition) is 4. The topological polar surface area (TPSA) is 79.3 Å². The minimum atomic E-state index is -0.891. The molecule has 24 heavy (non-hydrogen) atoms. The van der Waals surface area contributed by atoms with E-state index < -0.39 is 11.5 Å². The molecular weight excluding hydrogens is 348 g/mol. The summed E-state index contributed by atoms with van der Waals surface area (Å²) in [7, 11) is 0. The molecule has 0 atom stereocenters. The smallest absolute Gasteiger partial charge is 0.305 e. The zero-order valence-electron chi connectivity index (χ0n) is 13.1. The number of nitrogens with zero attached hydrogens (tertiary/aromatic N) is 1. The largest absolute Gasteiger partial charge is 0.481 e. The van der Waals surface area contributed by atoms with Crippen molar-refractivity contribution in [1.29, 1.82) is 0 Å². The summed E-state index contributed by atoms with van der Waals surface area (Å²) in [4.78, 5) is 28.6. The van der Waals surface area contributed by atoms with Gasteiger partial charge in [0.25, 0.3) is 5.91 Å². The predicted molar refractivity (Wildman–Crippen MR) is 93.6 cm³/mol. The second-order valence-electron chi connectivity index (χ2n) is 6.10. The Morgan fingerprint density at radius 3 is 2.54 bits per heavy atom. The van der Waals surface area contributed by atoms with Gasteiger partial charge < -0.3 is 10.4 Å². The number of carboxylic acid groups (broad SMARTS) is 1. The fraction of sp³-hybridized carbons (Fsp3) is 0.353. The Balaban J connectivity index is 1.80. The van der Waals surface area contributed by atoms with E-state index in [2.05, 4.69) is 10.3 Å². The number of halogens is 1. The Hall–Kier alpha value is -1.92. The number of carbonyl (C=O) groups excluding carboxylic acids is 1. The number of aliphatic carboxylic acids is 1. The van der Waals surface area contributed by atoms with E-state index >= 15 is 0 Å². The molecule has 5 nitrogen and oxygen atoms in total. The van der Waals surface area contributed by atoms with Gasteiger partial charge in [-0.1, -0.05) is 23.7 Å². The molecule has 0 saturated heterocycles. The van der Waals surface area contributed by atoms with Gasteiger partial charge in [-0.15, -0.1) is 11.3 Å². The van der Waals surface area contributed by atoms with E-state index in [-0.39, 0.29) is 12.3 Å². The summed E-state index contributed by atoms with van der Waals surface area (Å²) in [5.41, 5.74) is 0.933. The van der Waals surface area contributed by atoms with E-state index in [9.17, 15) is 9.59 Å². The average molecular weight is 365 g/mol. The van der Waals surface area contributed by atoms with Gasteiger partial charge in [-0.2, -0.15) is 0 Å². The molecule has 1 fully saturated rings. The van der Waals surface area contributed by atoms with E-state index in [0.717, 1.165) is 17.0 Å². The third-order valence-corrected chi connectivity index (χ3v) is 5.73. The van der Waals surface area contributed by atoms with Crippen LogP contribution in [0.2, 0.25) is 5.02 Å². The predicted octanol–water partition coefficient (Wildman–Crippen LogP) is 3.90. The first-order valence-corrected chi connectivity index (χ1v) is 8.86. The Kier molecular flexibility index (Phi) is 4.60. The molecule has 0 unspecified atom stereocenters. The number of aryl methyl sites for hydroxylation is 1. The van der Waals surface area contributed by atoms with Gasteiger partial charge in [0.15, 0.2) is 0 Å². The number of carboxylic acids is 1. The Bertz CT molecular complexity index is 782. The lowest BCUT2D eigenvalue weighted by molar-refractivity contribution is -0.139. The van der Waals surface area contributed by atoms with Crippen molar-refractivity contribution < 1.29 is 14.7 Å². The highest BCUT2D eigenvalue weighted by Crippen LogP contribution is 2.36. The van der Waals surface area contributed by atoms with Crippen molar-refractivity contribution >= 4 is 34.8 Å². The highest BCUT2D eigenvalue weighted by atomic mass is 35.5. The van der Waals surface area contributed by atoms with Crippen molar-refractivity contribution in [3.8, 4) is 10.6 Å². The Morgan fingerprint density at radius 2 is 2.00 bits per heavy atom. The molecule has 1 heterocycles.